The van der Waals surface area contributed by atoms with Gasteiger partial charge in [-0.2, -0.15) is 0 Å². The van der Waals surface area contributed by atoms with Gasteiger partial charge in [0.15, 0.2) is 11.6 Å². The topological polar surface area (TPSA) is 83.5 Å². The number of nitrogens with one attached hydrogen (secondary N) is 1. The van der Waals surface area contributed by atoms with Crippen LogP contribution in [0, 0.1) is 11.6 Å². The van der Waals surface area contributed by atoms with Crippen molar-refractivity contribution in [3.8, 4) is 0 Å². The monoisotopic (exact) mass is 367 g/mol. The third-order valence-corrected chi connectivity index (χ3v) is 4.80. The molecule has 0 spiro atoms. The molecule has 1 amide bonds. The number of hydrogen-bond donors (Lipinski definition) is 2. The van der Waals surface area contributed by atoms with Crippen molar-refractivity contribution in [1.82, 2.24) is 5.32 Å². The van der Waals surface area contributed by atoms with Crippen molar-refractivity contribution in [3.63, 3.8) is 0 Å². The summed E-state index contributed by atoms with van der Waals surface area (Å²) in [6.45, 7) is 0. The van der Waals surface area contributed by atoms with Gasteiger partial charge in [-0.1, -0.05) is 24.3 Å². The SMILES string of the molecule is O=C(N[C@H](CC[S@](=O)c1ccccc1)C(=O)O)c1cccc(F)c1F. The molecule has 0 saturated carbocycles. The standard InChI is InChI=1S/C17H15F2NO4S/c18-13-8-4-7-12(15(13)19)16(21)20-14(17(22)23)9-10-25(24)11-5-2-1-3-6-11/h1-8,14H,9-10H2,(H,20,21)(H,22,23)/t14-,25+/m1/s1. The Morgan fingerprint density at radius 3 is 2.40 bits per heavy atom. The van der Waals surface area contributed by atoms with E-state index in [1.807, 2.05) is 0 Å². The molecule has 2 N–H and O–H groups in total. The number of carbonyl (C=O) groups is 2. The van der Waals surface area contributed by atoms with Gasteiger partial charge in [-0.25, -0.2) is 13.6 Å². The molecule has 0 aliphatic heterocycles. The Kier molecular flexibility index (Phi) is 6.35. The largest absolute Gasteiger partial charge is 0.480 e. The van der Waals surface area contributed by atoms with Crippen molar-refractivity contribution < 1.29 is 27.7 Å². The average Bonchev–Trinajstić information content (AvgIpc) is 2.61. The highest BCUT2D eigenvalue weighted by Gasteiger charge is 2.24. The quantitative estimate of drug-likeness (QED) is 0.787. The second kappa shape index (κ2) is 8.48. The highest BCUT2D eigenvalue weighted by Crippen LogP contribution is 2.12. The summed E-state index contributed by atoms with van der Waals surface area (Å²) in [5.41, 5.74) is -0.588. The first-order valence-corrected chi connectivity index (χ1v) is 8.63. The van der Waals surface area contributed by atoms with E-state index in [2.05, 4.69) is 5.32 Å². The highest BCUT2D eigenvalue weighted by atomic mass is 32.2. The van der Waals surface area contributed by atoms with Crippen LogP contribution in [0.25, 0.3) is 0 Å². The fourth-order valence-corrected chi connectivity index (χ4v) is 3.23. The van der Waals surface area contributed by atoms with Crippen LogP contribution in [0.5, 0.6) is 0 Å². The minimum Gasteiger partial charge on any atom is -0.480 e. The third-order valence-electron chi connectivity index (χ3n) is 3.40. The minimum absolute atomic E-state index is 0.00705. The predicted octanol–water partition coefficient (Wildman–Crippen LogP) is 2.35. The molecule has 5 nitrogen and oxygen atoms in total. The van der Waals surface area contributed by atoms with Gasteiger partial charge in [0.05, 0.1) is 16.4 Å². The molecule has 132 valence electrons. The van der Waals surface area contributed by atoms with Gasteiger partial charge in [-0.3, -0.25) is 9.00 Å². The van der Waals surface area contributed by atoms with E-state index in [9.17, 15) is 27.7 Å². The van der Waals surface area contributed by atoms with E-state index in [4.69, 9.17) is 0 Å². The first-order chi connectivity index (χ1) is 11.9. The number of amides is 1. The summed E-state index contributed by atoms with van der Waals surface area (Å²) in [5.74, 6) is -4.96. The Hall–Kier alpha value is -2.61. The summed E-state index contributed by atoms with van der Waals surface area (Å²) >= 11 is 0. The van der Waals surface area contributed by atoms with E-state index in [-0.39, 0.29) is 12.2 Å². The normalized spacial score (nSPS) is 13.0. The van der Waals surface area contributed by atoms with Gasteiger partial charge in [0.25, 0.3) is 5.91 Å². The predicted molar refractivity (Wildman–Crippen MR) is 87.6 cm³/mol. The number of carboxylic acids is 1. The molecule has 0 heterocycles. The number of carbonyl (C=O) groups excluding carboxylic acids is 1. The van der Waals surface area contributed by atoms with E-state index in [0.29, 0.717) is 4.90 Å². The van der Waals surface area contributed by atoms with E-state index in [0.717, 1.165) is 18.2 Å². The third kappa shape index (κ3) is 4.93. The number of rotatable bonds is 7. The van der Waals surface area contributed by atoms with Crippen molar-refractivity contribution in [3.05, 3.63) is 65.7 Å². The van der Waals surface area contributed by atoms with E-state index in [1.165, 1.54) is 0 Å². The first-order valence-electron chi connectivity index (χ1n) is 7.31. The van der Waals surface area contributed by atoms with Crippen molar-refractivity contribution in [1.29, 1.82) is 0 Å². The van der Waals surface area contributed by atoms with E-state index >= 15 is 0 Å². The van der Waals surface area contributed by atoms with Crippen LogP contribution in [0.2, 0.25) is 0 Å². The molecule has 2 aromatic rings. The molecule has 0 fully saturated rings. The van der Waals surface area contributed by atoms with Crippen LogP contribution in [0.1, 0.15) is 16.8 Å². The van der Waals surface area contributed by atoms with Crippen molar-refractivity contribution in [2.75, 3.05) is 5.75 Å². The minimum atomic E-state index is -1.44. The molecule has 0 radical (unpaired) electrons. The summed E-state index contributed by atoms with van der Waals surface area (Å²) in [6, 6.07) is 10.1. The molecular weight excluding hydrogens is 352 g/mol. The van der Waals surface area contributed by atoms with Crippen LogP contribution in [0.4, 0.5) is 8.78 Å². The van der Waals surface area contributed by atoms with Crippen molar-refractivity contribution in [2.45, 2.75) is 17.4 Å². The number of benzene rings is 2. The molecule has 2 rings (SSSR count). The molecule has 25 heavy (non-hydrogen) atoms. The maximum Gasteiger partial charge on any atom is 0.326 e. The Morgan fingerprint density at radius 1 is 1.08 bits per heavy atom. The molecule has 0 aromatic heterocycles. The lowest BCUT2D eigenvalue weighted by molar-refractivity contribution is -0.139. The molecule has 0 aliphatic carbocycles. The van der Waals surface area contributed by atoms with Crippen LogP contribution in [-0.2, 0) is 15.6 Å². The zero-order valence-corrected chi connectivity index (χ0v) is 13.8. The highest BCUT2D eigenvalue weighted by molar-refractivity contribution is 7.85. The van der Waals surface area contributed by atoms with Gasteiger partial charge in [-0.15, -0.1) is 0 Å². The van der Waals surface area contributed by atoms with E-state index < -0.39 is 45.9 Å². The van der Waals surface area contributed by atoms with Gasteiger partial charge in [0, 0.05) is 10.6 Å². The van der Waals surface area contributed by atoms with Gasteiger partial charge < -0.3 is 10.4 Å². The zero-order valence-electron chi connectivity index (χ0n) is 12.9. The van der Waals surface area contributed by atoms with Gasteiger partial charge >= 0.3 is 5.97 Å². The van der Waals surface area contributed by atoms with E-state index in [1.54, 1.807) is 30.3 Å². The zero-order chi connectivity index (χ0) is 18.4. The lowest BCUT2D eigenvalue weighted by Crippen LogP contribution is -2.42. The second-order valence-corrected chi connectivity index (χ2v) is 6.69. The average molecular weight is 367 g/mol. The lowest BCUT2D eigenvalue weighted by Gasteiger charge is -2.14. The molecular formula is C17H15F2NO4S. The van der Waals surface area contributed by atoms with Gasteiger partial charge in [-0.05, 0) is 30.7 Å². The molecule has 0 saturated heterocycles. The first kappa shape index (κ1) is 18.7. The molecule has 2 atom stereocenters. The summed E-state index contributed by atoms with van der Waals surface area (Å²) in [5, 5.41) is 11.3. The maximum atomic E-state index is 13.6. The van der Waals surface area contributed by atoms with Gasteiger partial charge in [0.2, 0.25) is 0 Å². The summed E-state index contributed by atoms with van der Waals surface area (Å²) < 4.78 is 38.9. The Morgan fingerprint density at radius 2 is 1.76 bits per heavy atom. The summed E-state index contributed by atoms with van der Waals surface area (Å²) in [7, 11) is -1.44. The van der Waals surface area contributed by atoms with Crippen LogP contribution in [0.3, 0.4) is 0 Å². The molecule has 2 aromatic carbocycles. The van der Waals surface area contributed by atoms with Crippen molar-refractivity contribution >= 4 is 22.7 Å². The number of hydrogen-bond acceptors (Lipinski definition) is 3. The number of aliphatic carboxylic acids is 1. The summed E-state index contributed by atoms with van der Waals surface area (Å²) in [4.78, 5) is 23.8. The molecule has 8 heteroatoms. The Balaban J connectivity index is 2.03. The smallest absolute Gasteiger partial charge is 0.326 e. The van der Waals surface area contributed by atoms with Crippen LogP contribution in [-0.4, -0.2) is 33.0 Å². The lowest BCUT2D eigenvalue weighted by atomic mass is 10.1. The second-order valence-electron chi connectivity index (χ2n) is 5.12. The Labute approximate surface area is 145 Å². The fourth-order valence-electron chi connectivity index (χ4n) is 2.09. The number of carboxylic acid groups (broad SMARTS) is 1. The maximum absolute atomic E-state index is 13.6. The van der Waals surface area contributed by atoms with Gasteiger partial charge in [0.1, 0.15) is 6.04 Å². The molecule has 0 aliphatic rings. The summed E-state index contributed by atoms with van der Waals surface area (Å²) in [6.07, 6.45) is -0.125. The van der Waals surface area contributed by atoms with Crippen LogP contribution >= 0.6 is 0 Å². The molecule has 0 bridgehead atoms. The van der Waals surface area contributed by atoms with Crippen LogP contribution < -0.4 is 5.32 Å². The number of halogens is 2. The van der Waals surface area contributed by atoms with Crippen molar-refractivity contribution in [2.24, 2.45) is 0 Å². The van der Waals surface area contributed by atoms with Crippen LogP contribution in [0.15, 0.2) is 53.4 Å². The molecule has 0 unspecified atom stereocenters. The fraction of sp³-hybridized carbons (Fsp3) is 0.176. The Bertz CT molecular complexity index is 798.